The third kappa shape index (κ3) is 3.69. The number of benzene rings is 2. The Bertz CT molecular complexity index is 1220. The number of hydrogen-bond acceptors (Lipinski definition) is 2. The maximum Gasteiger partial charge on any atom is 0.174 e. The fourth-order valence-corrected chi connectivity index (χ4v) is 5.02. The molecular formula is C27H26N4S. The molecule has 2 aromatic heterocycles. The van der Waals surface area contributed by atoms with E-state index in [2.05, 4.69) is 100 Å². The van der Waals surface area contributed by atoms with Crippen LogP contribution in [0.3, 0.4) is 0 Å². The van der Waals surface area contributed by atoms with Crippen LogP contribution in [0.1, 0.15) is 40.3 Å². The minimum absolute atomic E-state index is 0.00974. The number of pyridine rings is 1. The molecule has 160 valence electrons. The van der Waals surface area contributed by atoms with E-state index in [1.165, 1.54) is 22.5 Å². The van der Waals surface area contributed by atoms with E-state index < -0.39 is 0 Å². The fourth-order valence-electron chi connectivity index (χ4n) is 4.67. The summed E-state index contributed by atoms with van der Waals surface area (Å²) in [5.41, 5.74) is 7.14. The Hall–Kier alpha value is -3.44. The molecule has 1 aliphatic heterocycles. The van der Waals surface area contributed by atoms with Crippen molar-refractivity contribution in [1.82, 2.24) is 14.9 Å². The molecule has 0 unspecified atom stereocenters. The van der Waals surface area contributed by atoms with Gasteiger partial charge in [0.05, 0.1) is 17.8 Å². The van der Waals surface area contributed by atoms with Gasteiger partial charge in [0, 0.05) is 29.8 Å². The van der Waals surface area contributed by atoms with Crippen molar-refractivity contribution in [1.29, 1.82) is 0 Å². The molecule has 3 heterocycles. The van der Waals surface area contributed by atoms with Crippen LogP contribution < -0.4 is 10.2 Å². The average molecular weight is 439 g/mol. The highest BCUT2D eigenvalue weighted by Gasteiger charge is 2.42. The monoisotopic (exact) mass is 438 g/mol. The summed E-state index contributed by atoms with van der Waals surface area (Å²) < 4.78 is 2.39. The molecule has 5 rings (SSSR count). The summed E-state index contributed by atoms with van der Waals surface area (Å²) in [6.07, 6.45) is 1.85. The first-order chi connectivity index (χ1) is 15.6. The lowest BCUT2D eigenvalue weighted by molar-refractivity contribution is 0.563. The van der Waals surface area contributed by atoms with Gasteiger partial charge in [0.25, 0.3) is 0 Å². The first-order valence-corrected chi connectivity index (χ1v) is 11.3. The number of aryl methyl sites for hydroxylation is 1. The van der Waals surface area contributed by atoms with Gasteiger partial charge in [-0.3, -0.25) is 4.98 Å². The third-order valence-electron chi connectivity index (χ3n) is 6.25. The lowest BCUT2D eigenvalue weighted by atomic mass is 9.96. The Kier molecular flexibility index (Phi) is 5.50. The Labute approximate surface area is 194 Å². The molecule has 0 saturated carbocycles. The van der Waals surface area contributed by atoms with Gasteiger partial charge >= 0.3 is 0 Å². The number of para-hydroxylation sites is 1. The molecule has 1 saturated heterocycles. The second kappa shape index (κ2) is 8.60. The van der Waals surface area contributed by atoms with Gasteiger partial charge in [0.2, 0.25) is 0 Å². The van der Waals surface area contributed by atoms with E-state index in [1.807, 2.05) is 24.4 Å². The molecule has 32 heavy (non-hydrogen) atoms. The summed E-state index contributed by atoms with van der Waals surface area (Å²) in [5, 5.41) is 4.29. The number of anilines is 1. The summed E-state index contributed by atoms with van der Waals surface area (Å²) in [7, 11) is 0. The van der Waals surface area contributed by atoms with E-state index in [9.17, 15) is 0 Å². The van der Waals surface area contributed by atoms with Gasteiger partial charge in [-0.2, -0.15) is 0 Å². The molecule has 2 atom stereocenters. The molecule has 0 radical (unpaired) electrons. The average Bonchev–Trinajstić information content (AvgIpc) is 3.32. The highest BCUT2D eigenvalue weighted by atomic mass is 32.1. The van der Waals surface area contributed by atoms with E-state index >= 15 is 0 Å². The van der Waals surface area contributed by atoms with Gasteiger partial charge in [-0.25, -0.2) is 0 Å². The second-order valence-electron chi connectivity index (χ2n) is 8.23. The Morgan fingerprint density at radius 1 is 0.906 bits per heavy atom. The van der Waals surface area contributed by atoms with E-state index in [4.69, 9.17) is 12.2 Å². The largest absolute Gasteiger partial charge is 0.351 e. The number of hydrogen-bond donors (Lipinski definition) is 1. The highest BCUT2D eigenvalue weighted by molar-refractivity contribution is 7.80. The highest BCUT2D eigenvalue weighted by Crippen LogP contribution is 2.43. The van der Waals surface area contributed by atoms with Crippen LogP contribution >= 0.6 is 12.2 Å². The topological polar surface area (TPSA) is 33.1 Å². The van der Waals surface area contributed by atoms with Crippen molar-refractivity contribution in [2.75, 3.05) is 4.90 Å². The normalized spacial score (nSPS) is 18.1. The van der Waals surface area contributed by atoms with Gasteiger partial charge < -0.3 is 14.8 Å². The minimum Gasteiger partial charge on any atom is -0.351 e. The van der Waals surface area contributed by atoms with Gasteiger partial charge in [0.15, 0.2) is 5.11 Å². The summed E-state index contributed by atoms with van der Waals surface area (Å²) in [5.74, 6) is 0. The quantitative estimate of drug-likeness (QED) is 0.404. The van der Waals surface area contributed by atoms with Crippen LogP contribution in [0.15, 0.2) is 91.1 Å². The first kappa shape index (κ1) is 20.5. The standard InChI is InChI=1S/C27H26N4S/c1-19-17-23(20(2)30(19)18-21-11-5-3-6-12-21)26-25(24-15-9-10-16-28-24)29-27(32)31(26)22-13-7-4-8-14-22/h3-17,25-26H,18H2,1-2H3,(H,29,32)/t25-,26-/m0/s1. The Morgan fingerprint density at radius 2 is 1.59 bits per heavy atom. The smallest absolute Gasteiger partial charge is 0.174 e. The van der Waals surface area contributed by atoms with E-state index in [1.54, 1.807) is 0 Å². The zero-order chi connectivity index (χ0) is 22.1. The van der Waals surface area contributed by atoms with Crippen molar-refractivity contribution in [3.63, 3.8) is 0 Å². The Balaban J connectivity index is 1.62. The van der Waals surface area contributed by atoms with Crippen LogP contribution in [0.25, 0.3) is 0 Å². The lowest BCUT2D eigenvalue weighted by Crippen LogP contribution is -2.29. The van der Waals surface area contributed by atoms with E-state index in [0.29, 0.717) is 0 Å². The van der Waals surface area contributed by atoms with Gasteiger partial charge in [0.1, 0.15) is 0 Å². The predicted octanol–water partition coefficient (Wildman–Crippen LogP) is 5.73. The van der Waals surface area contributed by atoms with Gasteiger partial charge in [-0.15, -0.1) is 0 Å². The maximum atomic E-state index is 5.84. The zero-order valence-electron chi connectivity index (χ0n) is 18.3. The van der Waals surface area contributed by atoms with Crippen LogP contribution in [0.5, 0.6) is 0 Å². The van der Waals surface area contributed by atoms with Crippen molar-refractivity contribution in [3.05, 3.63) is 119 Å². The molecule has 4 aromatic rings. The number of aromatic nitrogens is 2. The van der Waals surface area contributed by atoms with Crippen molar-refractivity contribution < 1.29 is 0 Å². The molecular weight excluding hydrogens is 412 g/mol. The maximum absolute atomic E-state index is 5.84. The molecule has 1 aliphatic rings. The van der Waals surface area contributed by atoms with E-state index in [-0.39, 0.29) is 12.1 Å². The van der Waals surface area contributed by atoms with Crippen molar-refractivity contribution in [2.45, 2.75) is 32.5 Å². The van der Waals surface area contributed by atoms with Crippen molar-refractivity contribution in [2.24, 2.45) is 0 Å². The molecule has 0 spiro atoms. The lowest BCUT2D eigenvalue weighted by Gasteiger charge is -2.28. The molecule has 4 nitrogen and oxygen atoms in total. The summed E-state index contributed by atoms with van der Waals surface area (Å²) in [4.78, 5) is 6.91. The molecule has 1 N–H and O–H groups in total. The number of nitrogens with one attached hydrogen (secondary N) is 1. The summed E-state index contributed by atoms with van der Waals surface area (Å²) in [6.45, 7) is 5.25. The number of rotatable bonds is 5. The molecule has 2 aromatic carbocycles. The summed E-state index contributed by atoms with van der Waals surface area (Å²) >= 11 is 5.84. The number of thiocarbonyl (C=S) groups is 1. The molecule has 0 bridgehead atoms. The molecule has 0 aliphatic carbocycles. The van der Waals surface area contributed by atoms with Crippen molar-refractivity contribution in [3.8, 4) is 0 Å². The van der Waals surface area contributed by atoms with Gasteiger partial charge in [-0.05, 0) is 67.5 Å². The van der Waals surface area contributed by atoms with Crippen molar-refractivity contribution >= 4 is 23.0 Å². The minimum atomic E-state index is -0.0328. The van der Waals surface area contributed by atoms with Gasteiger partial charge in [-0.1, -0.05) is 54.6 Å². The SMILES string of the molecule is Cc1cc([C@H]2[C@H](c3ccccn3)NC(=S)N2c2ccccc2)c(C)n1Cc1ccccc1. The second-order valence-corrected chi connectivity index (χ2v) is 8.62. The Morgan fingerprint density at radius 3 is 2.28 bits per heavy atom. The van der Waals surface area contributed by atoms with Crippen LogP contribution in [0.2, 0.25) is 0 Å². The van der Waals surface area contributed by atoms with Crippen LogP contribution in [0, 0.1) is 13.8 Å². The summed E-state index contributed by atoms with van der Waals surface area (Å²) in [6, 6.07) is 29.3. The molecule has 0 amide bonds. The van der Waals surface area contributed by atoms with Crippen LogP contribution in [-0.4, -0.2) is 14.7 Å². The zero-order valence-corrected chi connectivity index (χ0v) is 19.1. The first-order valence-electron chi connectivity index (χ1n) is 10.9. The molecule has 1 fully saturated rings. The fraction of sp³-hybridized carbons (Fsp3) is 0.185. The number of nitrogens with zero attached hydrogens (tertiary/aromatic N) is 3. The predicted molar refractivity (Wildman–Crippen MR) is 134 cm³/mol. The van der Waals surface area contributed by atoms with Crippen LogP contribution in [0.4, 0.5) is 5.69 Å². The van der Waals surface area contributed by atoms with Crippen LogP contribution in [-0.2, 0) is 6.54 Å². The molecule has 5 heteroatoms. The third-order valence-corrected chi connectivity index (χ3v) is 6.56. The van der Waals surface area contributed by atoms with E-state index in [0.717, 1.165) is 23.0 Å².